The summed E-state index contributed by atoms with van der Waals surface area (Å²) in [6.07, 6.45) is 1.48. The van der Waals surface area contributed by atoms with Gasteiger partial charge in [0.05, 0.1) is 17.7 Å². The molecule has 0 spiro atoms. The Morgan fingerprint density at radius 3 is 2.29 bits per heavy atom. The Balaban J connectivity index is 1.77. The Kier molecular flexibility index (Phi) is 8.31. The summed E-state index contributed by atoms with van der Waals surface area (Å²) in [6.45, 7) is 5.22. The van der Waals surface area contributed by atoms with Crippen LogP contribution in [0.25, 0.3) is 0 Å². The van der Waals surface area contributed by atoms with Gasteiger partial charge in [-0.3, -0.25) is 4.79 Å². The van der Waals surface area contributed by atoms with Crippen molar-refractivity contribution in [2.75, 3.05) is 6.54 Å². The average Bonchev–Trinajstić information content (AvgIpc) is 2.80. The maximum atomic E-state index is 14.3. The van der Waals surface area contributed by atoms with Crippen LogP contribution in [0.5, 0.6) is 0 Å². The molecule has 0 radical (unpaired) electrons. The van der Waals surface area contributed by atoms with E-state index in [9.17, 15) is 17.6 Å². The predicted octanol–water partition coefficient (Wildman–Crippen LogP) is 4.60. The molecule has 0 heterocycles. The summed E-state index contributed by atoms with van der Waals surface area (Å²) >= 11 is 0. The standard InChI is InChI=1S/C26H28FN3O3S/c1-19(2)22-12-10-21(11-13-22)16-28-29-26(31)18-30(17-23-6-4-5-7-25(23)27)34(32,33)24-14-8-20(3)9-15-24/h4-16,19H,17-18H2,1-3H3,(H,29,31)/b28-16-. The van der Waals surface area contributed by atoms with Crippen LogP contribution in [0.1, 0.15) is 42.0 Å². The summed E-state index contributed by atoms with van der Waals surface area (Å²) in [4.78, 5) is 12.6. The molecule has 3 aromatic carbocycles. The molecule has 6 nitrogen and oxygen atoms in total. The summed E-state index contributed by atoms with van der Waals surface area (Å²) in [5.41, 5.74) is 5.40. The highest BCUT2D eigenvalue weighted by molar-refractivity contribution is 7.89. The molecule has 3 aromatic rings. The molecule has 0 aliphatic carbocycles. The van der Waals surface area contributed by atoms with Crippen LogP contribution in [0.3, 0.4) is 0 Å². The Morgan fingerprint density at radius 1 is 1.03 bits per heavy atom. The van der Waals surface area contributed by atoms with Crippen LogP contribution in [0.4, 0.5) is 4.39 Å². The van der Waals surface area contributed by atoms with Crippen LogP contribution in [0.2, 0.25) is 0 Å². The molecule has 0 unspecified atom stereocenters. The lowest BCUT2D eigenvalue weighted by atomic mass is 10.0. The van der Waals surface area contributed by atoms with Crippen molar-refractivity contribution in [3.8, 4) is 0 Å². The van der Waals surface area contributed by atoms with Crippen molar-refractivity contribution in [3.63, 3.8) is 0 Å². The first kappa shape index (κ1) is 25.3. The van der Waals surface area contributed by atoms with Crippen LogP contribution in [0, 0.1) is 12.7 Å². The maximum absolute atomic E-state index is 14.3. The molecular weight excluding hydrogens is 453 g/mol. The number of hydrazone groups is 1. The summed E-state index contributed by atoms with van der Waals surface area (Å²) < 4.78 is 41.7. The third-order valence-electron chi connectivity index (χ3n) is 5.29. The van der Waals surface area contributed by atoms with Gasteiger partial charge in [-0.05, 0) is 42.2 Å². The number of nitrogens with one attached hydrogen (secondary N) is 1. The van der Waals surface area contributed by atoms with E-state index in [2.05, 4.69) is 24.4 Å². The lowest BCUT2D eigenvalue weighted by Gasteiger charge is -2.22. The van der Waals surface area contributed by atoms with E-state index in [4.69, 9.17) is 0 Å². The quantitative estimate of drug-likeness (QED) is 0.358. The smallest absolute Gasteiger partial charge is 0.255 e. The fraction of sp³-hybridized carbons (Fsp3) is 0.231. The van der Waals surface area contributed by atoms with Crippen molar-refractivity contribution in [1.82, 2.24) is 9.73 Å². The summed E-state index contributed by atoms with van der Waals surface area (Å²) in [7, 11) is -4.06. The van der Waals surface area contributed by atoms with E-state index >= 15 is 0 Å². The van der Waals surface area contributed by atoms with Gasteiger partial charge in [-0.25, -0.2) is 18.2 Å². The number of carbonyl (C=O) groups is 1. The first-order valence-electron chi connectivity index (χ1n) is 10.9. The third-order valence-corrected chi connectivity index (χ3v) is 7.10. The molecule has 1 N–H and O–H groups in total. The van der Waals surface area contributed by atoms with Crippen LogP contribution in [-0.2, 0) is 21.4 Å². The van der Waals surface area contributed by atoms with Crippen LogP contribution >= 0.6 is 0 Å². The lowest BCUT2D eigenvalue weighted by molar-refractivity contribution is -0.121. The fourth-order valence-corrected chi connectivity index (χ4v) is 4.62. The Labute approximate surface area is 200 Å². The third kappa shape index (κ3) is 6.59. The van der Waals surface area contributed by atoms with Gasteiger partial charge in [0.25, 0.3) is 5.91 Å². The fourth-order valence-electron chi connectivity index (χ4n) is 3.24. The molecule has 0 aliphatic rings. The van der Waals surface area contributed by atoms with E-state index in [0.717, 1.165) is 15.4 Å². The average molecular weight is 482 g/mol. The van der Waals surface area contributed by atoms with Crippen molar-refractivity contribution >= 4 is 22.1 Å². The largest absolute Gasteiger partial charge is 0.272 e. The highest BCUT2D eigenvalue weighted by Gasteiger charge is 2.27. The number of sulfonamides is 1. The zero-order valence-corrected chi connectivity index (χ0v) is 20.2. The normalized spacial score (nSPS) is 11.9. The molecule has 178 valence electrons. The zero-order valence-electron chi connectivity index (χ0n) is 19.4. The summed E-state index contributed by atoms with van der Waals surface area (Å²) in [5, 5.41) is 3.94. The van der Waals surface area contributed by atoms with E-state index in [-0.39, 0.29) is 17.0 Å². The SMILES string of the molecule is Cc1ccc(S(=O)(=O)N(CC(=O)N/N=C\c2ccc(C(C)C)cc2)Cc2ccccc2F)cc1. The molecule has 8 heteroatoms. The number of nitrogens with zero attached hydrogens (tertiary/aromatic N) is 2. The molecule has 0 fully saturated rings. The van der Waals surface area contributed by atoms with Crippen molar-refractivity contribution in [2.24, 2.45) is 5.10 Å². The molecule has 3 rings (SSSR count). The topological polar surface area (TPSA) is 78.8 Å². The van der Waals surface area contributed by atoms with Crippen LogP contribution in [0.15, 0.2) is 82.8 Å². The molecule has 0 aliphatic heterocycles. The van der Waals surface area contributed by atoms with E-state index in [1.807, 2.05) is 31.2 Å². The van der Waals surface area contributed by atoms with Crippen LogP contribution < -0.4 is 5.43 Å². The van der Waals surface area contributed by atoms with E-state index < -0.39 is 28.3 Å². The number of amides is 1. The molecule has 0 saturated heterocycles. The number of hydrogen-bond donors (Lipinski definition) is 1. The minimum absolute atomic E-state index is 0.0241. The monoisotopic (exact) mass is 481 g/mol. The number of aryl methyl sites for hydroxylation is 1. The van der Waals surface area contributed by atoms with E-state index in [1.165, 1.54) is 42.1 Å². The predicted molar refractivity (Wildman–Crippen MR) is 131 cm³/mol. The van der Waals surface area contributed by atoms with E-state index in [0.29, 0.717) is 5.92 Å². The van der Waals surface area contributed by atoms with Gasteiger partial charge in [-0.15, -0.1) is 0 Å². The minimum Gasteiger partial charge on any atom is -0.272 e. The first-order chi connectivity index (χ1) is 16.2. The Morgan fingerprint density at radius 2 is 1.68 bits per heavy atom. The van der Waals surface area contributed by atoms with Gasteiger partial charge in [0, 0.05) is 12.1 Å². The van der Waals surface area contributed by atoms with Gasteiger partial charge in [-0.2, -0.15) is 9.41 Å². The van der Waals surface area contributed by atoms with Gasteiger partial charge < -0.3 is 0 Å². The van der Waals surface area contributed by atoms with Crippen molar-refractivity contribution in [1.29, 1.82) is 0 Å². The molecule has 0 bridgehead atoms. The van der Waals surface area contributed by atoms with Gasteiger partial charge in [0.1, 0.15) is 5.82 Å². The van der Waals surface area contributed by atoms with Gasteiger partial charge in [0.2, 0.25) is 10.0 Å². The summed E-state index contributed by atoms with van der Waals surface area (Å²) in [6, 6.07) is 19.9. The maximum Gasteiger partial charge on any atom is 0.255 e. The van der Waals surface area contributed by atoms with Crippen molar-refractivity contribution in [3.05, 3.63) is 101 Å². The van der Waals surface area contributed by atoms with Crippen molar-refractivity contribution < 1.29 is 17.6 Å². The number of halogens is 1. The number of benzene rings is 3. The van der Waals surface area contributed by atoms with Gasteiger partial charge in [0.15, 0.2) is 0 Å². The molecule has 34 heavy (non-hydrogen) atoms. The molecular formula is C26H28FN3O3S. The highest BCUT2D eigenvalue weighted by atomic mass is 32.2. The van der Waals surface area contributed by atoms with Crippen LogP contribution in [-0.4, -0.2) is 31.4 Å². The number of carbonyl (C=O) groups excluding carboxylic acids is 1. The minimum atomic E-state index is -4.06. The lowest BCUT2D eigenvalue weighted by Crippen LogP contribution is -2.39. The number of rotatable bonds is 9. The second-order valence-corrected chi connectivity index (χ2v) is 10.2. The molecule has 0 atom stereocenters. The second kappa shape index (κ2) is 11.2. The second-order valence-electron chi connectivity index (χ2n) is 8.29. The molecule has 0 saturated carbocycles. The van der Waals surface area contributed by atoms with Gasteiger partial charge >= 0.3 is 0 Å². The molecule has 1 amide bonds. The van der Waals surface area contributed by atoms with E-state index in [1.54, 1.807) is 18.2 Å². The molecule has 0 aromatic heterocycles. The number of hydrogen-bond acceptors (Lipinski definition) is 4. The Bertz CT molecular complexity index is 1260. The summed E-state index contributed by atoms with van der Waals surface area (Å²) in [5.74, 6) is -0.779. The first-order valence-corrected chi connectivity index (χ1v) is 12.3. The van der Waals surface area contributed by atoms with Crippen molar-refractivity contribution in [2.45, 2.75) is 38.1 Å². The Hall–Kier alpha value is -3.36. The highest BCUT2D eigenvalue weighted by Crippen LogP contribution is 2.20. The zero-order chi connectivity index (χ0) is 24.7. The van der Waals surface area contributed by atoms with Gasteiger partial charge in [-0.1, -0.05) is 74.0 Å².